The van der Waals surface area contributed by atoms with Gasteiger partial charge < -0.3 is 15.3 Å². The van der Waals surface area contributed by atoms with E-state index in [-0.39, 0.29) is 19.1 Å². The fraction of sp³-hybridized carbons (Fsp3) is 0.458. The highest BCUT2D eigenvalue weighted by Gasteiger charge is 2.30. The molecule has 178 valence electrons. The van der Waals surface area contributed by atoms with Gasteiger partial charge in [-0.05, 0) is 30.7 Å². The van der Waals surface area contributed by atoms with Gasteiger partial charge in [-0.25, -0.2) is 13.5 Å². The SMILES string of the molecule is CN1CCc2c(c(-c3ccc(F)c(F)c3)nn2C(=O)/C=C\[C@H](C(=O)NCCO)C(C)(C)C)C1. The third-order valence-electron chi connectivity index (χ3n) is 5.71. The van der Waals surface area contributed by atoms with Crippen molar-refractivity contribution in [3.05, 3.63) is 53.2 Å². The first-order chi connectivity index (χ1) is 15.5. The average Bonchev–Trinajstić information content (AvgIpc) is 3.12. The van der Waals surface area contributed by atoms with Crippen molar-refractivity contribution in [1.82, 2.24) is 20.0 Å². The lowest BCUT2D eigenvalue weighted by Gasteiger charge is -2.27. The maximum absolute atomic E-state index is 13.9. The number of benzene rings is 1. The predicted octanol–water partition coefficient (Wildman–Crippen LogP) is 2.78. The minimum atomic E-state index is -0.979. The first kappa shape index (κ1) is 24.7. The molecule has 2 N–H and O–H groups in total. The smallest absolute Gasteiger partial charge is 0.270 e. The van der Waals surface area contributed by atoms with Crippen molar-refractivity contribution in [2.24, 2.45) is 11.3 Å². The van der Waals surface area contributed by atoms with Gasteiger partial charge in [0.1, 0.15) is 0 Å². The molecular weight excluding hydrogens is 430 g/mol. The van der Waals surface area contributed by atoms with E-state index >= 15 is 0 Å². The first-order valence-electron chi connectivity index (χ1n) is 10.9. The number of aliphatic hydroxyl groups excluding tert-OH is 1. The van der Waals surface area contributed by atoms with Crippen LogP contribution in [0.15, 0.2) is 30.4 Å². The molecule has 0 radical (unpaired) electrons. The van der Waals surface area contributed by atoms with Crippen LogP contribution in [0.3, 0.4) is 0 Å². The molecule has 0 bridgehead atoms. The number of hydrogen-bond donors (Lipinski definition) is 2. The molecule has 2 heterocycles. The Morgan fingerprint density at radius 3 is 2.64 bits per heavy atom. The lowest BCUT2D eigenvalue weighted by Crippen LogP contribution is -2.38. The normalized spacial score (nSPS) is 15.5. The summed E-state index contributed by atoms with van der Waals surface area (Å²) in [5.74, 6) is -3.24. The molecule has 0 saturated heterocycles. The number of aromatic nitrogens is 2. The van der Waals surface area contributed by atoms with E-state index in [2.05, 4.69) is 15.3 Å². The zero-order valence-corrected chi connectivity index (χ0v) is 19.4. The van der Waals surface area contributed by atoms with Crippen LogP contribution in [0, 0.1) is 23.0 Å². The van der Waals surface area contributed by atoms with Gasteiger partial charge in [0.15, 0.2) is 11.6 Å². The van der Waals surface area contributed by atoms with Gasteiger partial charge in [-0.15, -0.1) is 0 Å². The van der Waals surface area contributed by atoms with Gasteiger partial charge in [-0.2, -0.15) is 5.10 Å². The minimum Gasteiger partial charge on any atom is -0.395 e. The summed E-state index contributed by atoms with van der Waals surface area (Å²) in [6.45, 7) is 6.86. The van der Waals surface area contributed by atoms with Gasteiger partial charge in [0.2, 0.25) is 5.91 Å². The van der Waals surface area contributed by atoms with Crippen LogP contribution in [0.25, 0.3) is 11.3 Å². The Morgan fingerprint density at radius 1 is 1.27 bits per heavy atom. The molecule has 1 aliphatic rings. The molecule has 7 nitrogen and oxygen atoms in total. The molecule has 2 aromatic rings. The molecule has 1 aliphatic heterocycles. The maximum Gasteiger partial charge on any atom is 0.270 e. The van der Waals surface area contributed by atoms with Crippen molar-refractivity contribution in [2.45, 2.75) is 33.7 Å². The van der Waals surface area contributed by atoms with Crippen LogP contribution in [0.1, 0.15) is 36.8 Å². The summed E-state index contributed by atoms with van der Waals surface area (Å²) in [5.41, 5.74) is 1.89. The molecule has 1 amide bonds. The summed E-state index contributed by atoms with van der Waals surface area (Å²) in [4.78, 5) is 27.7. The van der Waals surface area contributed by atoms with Crippen molar-refractivity contribution in [3.63, 3.8) is 0 Å². The number of likely N-dealkylation sites (N-methyl/N-ethyl adjacent to an activating group) is 1. The number of nitrogens with one attached hydrogen (secondary N) is 1. The van der Waals surface area contributed by atoms with Gasteiger partial charge in [-0.1, -0.05) is 26.8 Å². The van der Waals surface area contributed by atoms with E-state index in [0.29, 0.717) is 24.2 Å². The van der Waals surface area contributed by atoms with Crippen LogP contribution >= 0.6 is 0 Å². The number of amides is 1. The predicted molar refractivity (Wildman–Crippen MR) is 120 cm³/mol. The summed E-state index contributed by atoms with van der Waals surface area (Å²) < 4.78 is 28.6. The Labute approximate surface area is 192 Å². The summed E-state index contributed by atoms with van der Waals surface area (Å²) in [5, 5.41) is 16.1. The second-order valence-electron chi connectivity index (χ2n) is 9.36. The fourth-order valence-corrected chi connectivity index (χ4v) is 3.92. The largest absolute Gasteiger partial charge is 0.395 e. The van der Waals surface area contributed by atoms with Crippen LogP contribution < -0.4 is 5.32 Å². The van der Waals surface area contributed by atoms with Crippen LogP contribution in [0.2, 0.25) is 0 Å². The zero-order valence-electron chi connectivity index (χ0n) is 19.4. The molecule has 0 fully saturated rings. The van der Waals surface area contributed by atoms with E-state index in [4.69, 9.17) is 5.11 Å². The Hall–Kier alpha value is -2.91. The van der Waals surface area contributed by atoms with Crippen molar-refractivity contribution in [2.75, 3.05) is 26.7 Å². The number of fused-ring (bicyclic) bond motifs is 1. The molecule has 1 aromatic heterocycles. The van der Waals surface area contributed by atoms with Gasteiger partial charge in [-0.3, -0.25) is 9.59 Å². The number of halogens is 2. The zero-order chi connectivity index (χ0) is 24.3. The maximum atomic E-state index is 13.9. The second kappa shape index (κ2) is 9.93. The van der Waals surface area contributed by atoms with E-state index in [0.717, 1.165) is 29.9 Å². The van der Waals surface area contributed by atoms with Crippen LogP contribution in [-0.2, 0) is 17.8 Å². The summed E-state index contributed by atoms with van der Waals surface area (Å²) in [6, 6.07) is 3.57. The Bertz CT molecular complexity index is 1070. The number of carbonyl (C=O) groups excluding carboxylic acids is 2. The van der Waals surface area contributed by atoms with Gasteiger partial charge in [0.05, 0.1) is 23.9 Å². The summed E-state index contributed by atoms with van der Waals surface area (Å²) >= 11 is 0. The number of aliphatic hydroxyl groups is 1. The minimum absolute atomic E-state index is 0.130. The second-order valence-corrected chi connectivity index (χ2v) is 9.36. The average molecular weight is 461 g/mol. The number of nitrogens with zero attached hydrogens (tertiary/aromatic N) is 3. The third kappa shape index (κ3) is 5.54. The molecule has 0 aliphatic carbocycles. The number of rotatable bonds is 6. The van der Waals surface area contributed by atoms with Crippen molar-refractivity contribution in [3.8, 4) is 11.3 Å². The standard InChI is InChI=1S/C24H30F2N4O3/c1-24(2,3)17(23(33)27-10-12-31)6-8-21(32)30-20-9-11-29(4)14-16(20)22(28-30)15-5-7-18(25)19(26)13-15/h5-8,13,17,31H,9-12,14H2,1-4H3,(H,27,33)/b8-6-/t17-/m1/s1. The topological polar surface area (TPSA) is 87.5 Å². The molecule has 9 heteroatoms. The number of carbonyl (C=O) groups is 2. The van der Waals surface area contributed by atoms with Crippen LogP contribution in [0.5, 0.6) is 0 Å². The Kier molecular flexibility index (Phi) is 7.44. The first-order valence-corrected chi connectivity index (χ1v) is 10.9. The lowest BCUT2D eigenvalue weighted by molar-refractivity contribution is -0.126. The van der Waals surface area contributed by atoms with Crippen LogP contribution in [0.4, 0.5) is 8.78 Å². The van der Waals surface area contributed by atoms with E-state index in [1.807, 2.05) is 27.8 Å². The highest BCUT2D eigenvalue weighted by molar-refractivity contribution is 5.92. The monoisotopic (exact) mass is 460 g/mol. The quantitative estimate of drug-likeness (QED) is 0.648. The van der Waals surface area contributed by atoms with E-state index in [1.54, 1.807) is 6.08 Å². The molecule has 0 saturated carbocycles. The third-order valence-corrected chi connectivity index (χ3v) is 5.71. The Balaban J connectivity index is 1.97. The van der Waals surface area contributed by atoms with Crippen molar-refractivity contribution < 1.29 is 23.5 Å². The van der Waals surface area contributed by atoms with Crippen molar-refractivity contribution >= 4 is 11.8 Å². The molecule has 0 spiro atoms. The highest BCUT2D eigenvalue weighted by atomic mass is 19.2. The Morgan fingerprint density at radius 2 is 2.00 bits per heavy atom. The van der Waals surface area contributed by atoms with E-state index < -0.39 is 28.9 Å². The summed E-state index contributed by atoms with van der Waals surface area (Å²) in [7, 11) is 1.94. The van der Waals surface area contributed by atoms with Crippen molar-refractivity contribution in [1.29, 1.82) is 0 Å². The number of hydrogen-bond acceptors (Lipinski definition) is 5. The molecule has 1 aromatic carbocycles. The lowest BCUT2D eigenvalue weighted by atomic mass is 9.80. The summed E-state index contributed by atoms with van der Waals surface area (Å²) in [6.07, 6.45) is 3.45. The molecule has 0 unspecified atom stereocenters. The van der Waals surface area contributed by atoms with E-state index in [9.17, 15) is 18.4 Å². The number of allylic oxidation sites excluding steroid dienone is 1. The highest BCUT2D eigenvalue weighted by Crippen LogP contribution is 2.31. The fourth-order valence-electron chi connectivity index (χ4n) is 3.92. The van der Waals surface area contributed by atoms with Gasteiger partial charge in [0.25, 0.3) is 5.91 Å². The molecule has 3 rings (SSSR count). The van der Waals surface area contributed by atoms with E-state index in [1.165, 1.54) is 16.8 Å². The molecular formula is C24H30F2N4O3. The molecule has 33 heavy (non-hydrogen) atoms. The molecule has 1 atom stereocenters. The van der Waals surface area contributed by atoms with Gasteiger partial charge in [0, 0.05) is 43.3 Å². The van der Waals surface area contributed by atoms with Gasteiger partial charge >= 0.3 is 0 Å². The van der Waals surface area contributed by atoms with Crippen LogP contribution in [-0.4, -0.2) is 58.3 Å².